The molecule has 0 saturated heterocycles. The second kappa shape index (κ2) is 4.52. The molecule has 0 aromatic heterocycles. The smallest absolute Gasteiger partial charge is 0.00418 e. The van der Waals surface area contributed by atoms with E-state index < -0.39 is 0 Å². The highest BCUT2D eigenvalue weighted by atomic mass is 14.2. The third kappa shape index (κ3) is 2.52. The lowest BCUT2D eigenvalue weighted by Gasteiger charge is -2.18. The summed E-state index contributed by atoms with van der Waals surface area (Å²) >= 11 is 0. The van der Waals surface area contributed by atoms with Crippen molar-refractivity contribution in [3.8, 4) is 0 Å². The summed E-state index contributed by atoms with van der Waals surface area (Å²) in [4.78, 5) is 0. The van der Waals surface area contributed by atoms with Gasteiger partial charge in [0.25, 0.3) is 0 Å². The quantitative estimate of drug-likeness (QED) is 0.638. The molecule has 82 valence electrons. The zero-order valence-electron chi connectivity index (χ0n) is 10.0. The molecular formula is C16H18. The number of hydrogen-bond donors (Lipinski definition) is 0. The van der Waals surface area contributed by atoms with Gasteiger partial charge in [0.15, 0.2) is 0 Å². The van der Waals surface area contributed by atoms with Crippen LogP contribution in [0.5, 0.6) is 0 Å². The van der Waals surface area contributed by atoms with Crippen molar-refractivity contribution in [3.63, 3.8) is 0 Å². The van der Waals surface area contributed by atoms with Crippen molar-refractivity contribution in [1.82, 2.24) is 0 Å². The molecule has 1 atom stereocenters. The van der Waals surface area contributed by atoms with E-state index in [1.807, 2.05) is 0 Å². The molecule has 0 radical (unpaired) electrons. The molecule has 0 saturated carbocycles. The van der Waals surface area contributed by atoms with Crippen LogP contribution >= 0.6 is 0 Å². The summed E-state index contributed by atoms with van der Waals surface area (Å²) in [7, 11) is 0. The Morgan fingerprint density at radius 1 is 1.25 bits per heavy atom. The maximum absolute atomic E-state index is 4.03. The summed E-state index contributed by atoms with van der Waals surface area (Å²) in [6, 6.07) is 8.67. The average Bonchev–Trinajstić information content (AvgIpc) is 2.27. The van der Waals surface area contributed by atoms with Crippen molar-refractivity contribution in [2.75, 3.05) is 0 Å². The number of benzene rings is 1. The maximum Gasteiger partial charge on any atom is -0.00418 e. The largest absolute Gasteiger partial charge is 0.0955 e. The standard InChI is InChI=1S/C16H18/c1-12-5-8-15(9-6-12)11-16-10-13(2)4-7-14(16)3/h4-9,11,14H,2,10H2,1,3H3/b16-11-. The first-order valence-electron chi connectivity index (χ1n) is 5.78. The minimum Gasteiger partial charge on any atom is -0.0955 e. The van der Waals surface area contributed by atoms with Crippen LogP contribution in [0, 0.1) is 12.8 Å². The summed E-state index contributed by atoms with van der Waals surface area (Å²) in [5.74, 6) is 0.534. The summed E-state index contributed by atoms with van der Waals surface area (Å²) < 4.78 is 0. The molecule has 1 aromatic rings. The van der Waals surface area contributed by atoms with Gasteiger partial charge < -0.3 is 0 Å². The highest BCUT2D eigenvalue weighted by Gasteiger charge is 2.11. The SMILES string of the molecule is C=C1C=CC(C)/C(=C\c2ccc(C)cc2)C1. The summed E-state index contributed by atoms with van der Waals surface area (Å²) in [6.07, 6.45) is 7.66. The molecule has 0 spiro atoms. The van der Waals surface area contributed by atoms with Crippen molar-refractivity contribution in [2.24, 2.45) is 5.92 Å². The fourth-order valence-electron chi connectivity index (χ4n) is 1.95. The number of allylic oxidation sites excluding steroid dienone is 4. The van der Waals surface area contributed by atoms with Crippen LogP contribution in [0.4, 0.5) is 0 Å². The Kier molecular flexibility index (Phi) is 3.09. The minimum absolute atomic E-state index is 0.534. The lowest BCUT2D eigenvalue weighted by molar-refractivity contribution is 0.810. The summed E-state index contributed by atoms with van der Waals surface area (Å²) in [6.45, 7) is 8.38. The number of rotatable bonds is 1. The van der Waals surface area contributed by atoms with Gasteiger partial charge in [-0.25, -0.2) is 0 Å². The van der Waals surface area contributed by atoms with Crippen LogP contribution in [0.3, 0.4) is 0 Å². The van der Waals surface area contributed by atoms with E-state index >= 15 is 0 Å². The third-order valence-corrected chi connectivity index (χ3v) is 3.07. The maximum atomic E-state index is 4.03. The van der Waals surface area contributed by atoms with Crippen molar-refractivity contribution in [2.45, 2.75) is 20.3 Å². The molecule has 1 aliphatic carbocycles. The lowest BCUT2D eigenvalue weighted by Crippen LogP contribution is -2.01. The first-order valence-corrected chi connectivity index (χ1v) is 5.78. The zero-order valence-corrected chi connectivity index (χ0v) is 10.0. The molecule has 0 nitrogen and oxygen atoms in total. The van der Waals surface area contributed by atoms with Crippen molar-refractivity contribution in [1.29, 1.82) is 0 Å². The van der Waals surface area contributed by atoms with Crippen LogP contribution < -0.4 is 0 Å². The molecule has 0 heteroatoms. The van der Waals surface area contributed by atoms with Crippen LogP contribution in [-0.2, 0) is 0 Å². The summed E-state index contributed by atoms with van der Waals surface area (Å²) in [5.41, 5.74) is 5.26. The van der Waals surface area contributed by atoms with E-state index in [2.05, 4.69) is 62.9 Å². The first-order chi connectivity index (χ1) is 7.65. The van der Waals surface area contributed by atoms with Gasteiger partial charge in [-0.05, 0) is 24.8 Å². The molecule has 0 amide bonds. The van der Waals surface area contributed by atoms with Gasteiger partial charge in [0.1, 0.15) is 0 Å². The van der Waals surface area contributed by atoms with Gasteiger partial charge in [-0.1, -0.05) is 72.7 Å². The second-order valence-electron chi connectivity index (χ2n) is 4.61. The van der Waals surface area contributed by atoms with Crippen molar-refractivity contribution < 1.29 is 0 Å². The van der Waals surface area contributed by atoms with Crippen molar-refractivity contribution >= 4 is 6.08 Å². The predicted molar refractivity (Wildman–Crippen MR) is 71.2 cm³/mol. The highest BCUT2D eigenvalue weighted by Crippen LogP contribution is 2.28. The van der Waals surface area contributed by atoms with Crippen LogP contribution in [0.1, 0.15) is 24.5 Å². The van der Waals surface area contributed by atoms with Crippen LogP contribution in [0.15, 0.2) is 54.1 Å². The van der Waals surface area contributed by atoms with E-state index in [0.717, 1.165) is 6.42 Å². The Balaban J connectivity index is 2.27. The Morgan fingerprint density at radius 2 is 1.94 bits per heavy atom. The molecule has 0 aliphatic heterocycles. The van der Waals surface area contributed by atoms with Crippen LogP contribution in [0.2, 0.25) is 0 Å². The van der Waals surface area contributed by atoms with Gasteiger partial charge >= 0.3 is 0 Å². The molecule has 0 bridgehead atoms. The number of aryl methyl sites for hydroxylation is 1. The van der Waals surface area contributed by atoms with Gasteiger partial charge in [-0.3, -0.25) is 0 Å². The Labute approximate surface area is 98.0 Å². The molecule has 0 heterocycles. The zero-order chi connectivity index (χ0) is 11.5. The molecule has 2 rings (SSSR count). The van der Waals surface area contributed by atoms with E-state index in [0.29, 0.717) is 5.92 Å². The third-order valence-electron chi connectivity index (χ3n) is 3.07. The molecule has 1 unspecified atom stereocenters. The van der Waals surface area contributed by atoms with E-state index in [4.69, 9.17) is 0 Å². The fourth-order valence-corrected chi connectivity index (χ4v) is 1.95. The normalized spacial score (nSPS) is 22.8. The molecule has 1 aliphatic rings. The van der Waals surface area contributed by atoms with E-state index in [1.54, 1.807) is 0 Å². The minimum atomic E-state index is 0.534. The van der Waals surface area contributed by atoms with E-state index in [9.17, 15) is 0 Å². The average molecular weight is 210 g/mol. The molecule has 16 heavy (non-hydrogen) atoms. The molecule has 0 fully saturated rings. The number of hydrogen-bond acceptors (Lipinski definition) is 0. The monoisotopic (exact) mass is 210 g/mol. The van der Waals surface area contributed by atoms with E-state index in [-0.39, 0.29) is 0 Å². The van der Waals surface area contributed by atoms with E-state index in [1.165, 1.54) is 22.3 Å². The first kappa shape index (κ1) is 10.9. The van der Waals surface area contributed by atoms with Gasteiger partial charge in [0.05, 0.1) is 0 Å². The predicted octanol–water partition coefficient (Wildman–Crippen LogP) is 4.53. The topological polar surface area (TPSA) is 0 Å². The Hall–Kier alpha value is -1.56. The van der Waals surface area contributed by atoms with Crippen molar-refractivity contribution in [3.05, 3.63) is 65.3 Å². The van der Waals surface area contributed by atoms with Gasteiger partial charge in [-0.2, -0.15) is 0 Å². The highest BCUT2D eigenvalue weighted by molar-refractivity contribution is 5.56. The molecule has 0 N–H and O–H groups in total. The molecular weight excluding hydrogens is 192 g/mol. The fraction of sp³-hybridized carbons (Fsp3) is 0.250. The summed E-state index contributed by atoms with van der Waals surface area (Å²) in [5, 5.41) is 0. The van der Waals surface area contributed by atoms with Crippen LogP contribution in [0.25, 0.3) is 6.08 Å². The Morgan fingerprint density at radius 3 is 2.62 bits per heavy atom. The van der Waals surface area contributed by atoms with Gasteiger partial charge in [0, 0.05) is 0 Å². The lowest BCUT2D eigenvalue weighted by atomic mass is 9.87. The second-order valence-corrected chi connectivity index (χ2v) is 4.61. The molecule has 1 aromatic carbocycles. The van der Waals surface area contributed by atoms with Gasteiger partial charge in [0.2, 0.25) is 0 Å². The van der Waals surface area contributed by atoms with Gasteiger partial charge in [-0.15, -0.1) is 0 Å². The Bertz CT molecular complexity index is 443. The van der Waals surface area contributed by atoms with Crippen LogP contribution in [-0.4, -0.2) is 0 Å².